The van der Waals surface area contributed by atoms with E-state index in [1.807, 2.05) is 42.5 Å². The lowest BCUT2D eigenvalue weighted by molar-refractivity contribution is -0.146. The van der Waals surface area contributed by atoms with E-state index in [1.54, 1.807) is 6.07 Å². The van der Waals surface area contributed by atoms with Gasteiger partial charge in [-0.1, -0.05) is 17.3 Å². The average molecular weight is 379 g/mol. The van der Waals surface area contributed by atoms with Crippen molar-refractivity contribution >= 4 is 34.2 Å². The minimum Gasteiger partial charge on any atom is -0.455 e. The van der Waals surface area contributed by atoms with Gasteiger partial charge in [-0.3, -0.25) is 9.59 Å². The Morgan fingerprint density at radius 1 is 1.07 bits per heavy atom. The summed E-state index contributed by atoms with van der Waals surface area (Å²) >= 11 is 0. The number of para-hydroxylation sites is 1. The maximum atomic E-state index is 12.0. The van der Waals surface area contributed by atoms with E-state index >= 15 is 0 Å². The van der Waals surface area contributed by atoms with Crippen LogP contribution in [0.25, 0.3) is 11.0 Å². The highest BCUT2D eigenvalue weighted by Gasteiger charge is 2.15. The normalized spacial score (nSPS) is 13.6. The number of carbonyl (C=O) groups is 2. The SMILES string of the molecule is O=C(COC(=O)Cc1noc2ccccc12)Nc1ccc(N2CCCC2)cc1. The Morgan fingerprint density at radius 3 is 2.61 bits per heavy atom. The van der Waals surface area contributed by atoms with Crippen LogP contribution in [0.4, 0.5) is 11.4 Å². The number of anilines is 2. The second-order valence-corrected chi connectivity index (χ2v) is 6.75. The molecule has 0 unspecified atom stereocenters. The van der Waals surface area contributed by atoms with Crippen LogP contribution in [0.15, 0.2) is 53.1 Å². The molecule has 0 radical (unpaired) electrons. The summed E-state index contributed by atoms with van der Waals surface area (Å²) in [5.41, 5.74) is 2.94. The molecule has 0 saturated carbocycles. The molecule has 0 spiro atoms. The van der Waals surface area contributed by atoms with Gasteiger partial charge in [-0.05, 0) is 49.2 Å². The summed E-state index contributed by atoms with van der Waals surface area (Å²) in [6.45, 7) is 1.80. The maximum Gasteiger partial charge on any atom is 0.312 e. The molecule has 3 aromatic rings. The fraction of sp³-hybridized carbons (Fsp3) is 0.286. The summed E-state index contributed by atoms with van der Waals surface area (Å²) in [6, 6.07) is 15.0. The van der Waals surface area contributed by atoms with E-state index in [9.17, 15) is 9.59 Å². The number of esters is 1. The molecule has 4 rings (SSSR count). The van der Waals surface area contributed by atoms with Crippen LogP contribution >= 0.6 is 0 Å². The third-order valence-corrected chi connectivity index (χ3v) is 4.75. The molecule has 1 aromatic heterocycles. The molecule has 1 aliphatic rings. The number of rotatable bonds is 6. The van der Waals surface area contributed by atoms with Crippen LogP contribution in [0.5, 0.6) is 0 Å². The smallest absolute Gasteiger partial charge is 0.312 e. The van der Waals surface area contributed by atoms with Gasteiger partial charge in [0.1, 0.15) is 5.69 Å². The van der Waals surface area contributed by atoms with Crippen LogP contribution in [0.2, 0.25) is 0 Å². The highest BCUT2D eigenvalue weighted by atomic mass is 16.5. The van der Waals surface area contributed by atoms with Crippen LogP contribution < -0.4 is 10.2 Å². The molecule has 1 N–H and O–H groups in total. The lowest BCUT2D eigenvalue weighted by Crippen LogP contribution is -2.22. The number of carbonyl (C=O) groups excluding carboxylic acids is 2. The van der Waals surface area contributed by atoms with Crippen molar-refractivity contribution in [1.82, 2.24) is 5.16 Å². The summed E-state index contributed by atoms with van der Waals surface area (Å²) < 4.78 is 10.2. The lowest BCUT2D eigenvalue weighted by Gasteiger charge is -2.17. The van der Waals surface area contributed by atoms with Crippen molar-refractivity contribution in [3.05, 3.63) is 54.2 Å². The molecule has 1 fully saturated rings. The van der Waals surface area contributed by atoms with E-state index in [2.05, 4.69) is 15.4 Å². The molecule has 144 valence electrons. The minimum atomic E-state index is -0.529. The predicted molar refractivity (Wildman–Crippen MR) is 105 cm³/mol. The summed E-state index contributed by atoms with van der Waals surface area (Å²) in [6.07, 6.45) is 2.39. The van der Waals surface area contributed by atoms with Gasteiger partial charge in [-0.25, -0.2) is 0 Å². The number of hydrogen-bond acceptors (Lipinski definition) is 6. The topological polar surface area (TPSA) is 84.7 Å². The molecule has 28 heavy (non-hydrogen) atoms. The zero-order valence-electron chi connectivity index (χ0n) is 15.4. The van der Waals surface area contributed by atoms with Crippen LogP contribution in [-0.4, -0.2) is 36.7 Å². The Hall–Kier alpha value is -3.35. The molecule has 1 aliphatic heterocycles. The standard InChI is InChI=1S/C21H21N3O4/c25-20(22-15-7-9-16(10-8-15)24-11-3-4-12-24)14-27-21(26)13-18-17-5-1-2-6-19(17)28-23-18/h1-2,5-10H,3-4,11-14H2,(H,22,25). The van der Waals surface area contributed by atoms with Crippen molar-refractivity contribution in [2.45, 2.75) is 19.3 Å². The zero-order chi connectivity index (χ0) is 19.3. The van der Waals surface area contributed by atoms with Crippen molar-refractivity contribution in [3.63, 3.8) is 0 Å². The van der Waals surface area contributed by atoms with Gasteiger partial charge in [0.2, 0.25) is 0 Å². The van der Waals surface area contributed by atoms with E-state index in [4.69, 9.17) is 9.26 Å². The van der Waals surface area contributed by atoms with Gasteiger partial charge in [-0.15, -0.1) is 0 Å². The fourth-order valence-electron chi connectivity index (χ4n) is 3.33. The first-order valence-electron chi connectivity index (χ1n) is 9.33. The molecule has 1 amide bonds. The van der Waals surface area contributed by atoms with E-state index in [0.29, 0.717) is 17.0 Å². The third-order valence-electron chi connectivity index (χ3n) is 4.75. The van der Waals surface area contributed by atoms with Gasteiger partial charge in [-0.2, -0.15) is 0 Å². The zero-order valence-corrected chi connectivity index (χ0v) is 15.4. The van der Waals surface area contributed by atoms with Gasteiger partial charge in [0.15, 0.2) is 12.2 Å². The Balaban J connectivity index is 1.26. The highest BCUT2D eigenvalue weighted by molar-refractivity contribution is 5.93. The number of benzene rings is 2. The summed E-state index contributed by atoms with van der Waals surface area (Å²) in [7, 11) is 0. The van der Waals surface area contributed by atoms with E-state index in [-0.39, 0.29) is 18.9 Å². The van der Waals surface area contributed by atoms with Crippen LogP contribution in [-0.2, 0) is 20.7 Å². The largest absolute Gasteiger partial charge is 0.455 e. The molecule has 7 nitrogen and oxygen atoms in total. The summed E-state index contributed by atoms with van der Waals surface area (Å²) in [5.74, 6) is -0.911. The third kappa shape index (κ3) is 4.14. The Kier molecular flexibility index (Phi) is 5.23. The number of hydrogen-bond donors (Lipinski definition) is 1. The molecule has 0 aliphatic carbocycles. The number of fused-ring (bicyclic) bond motifs is 1. The summed E-state index contributed by atoms with van der Waals surface area (Å²) in [5, 5.41) is 7.39. The van der Waals surface area contributed by atoms with Crippen molar-refractivity contribution in [3.8, 4) is 0 Å². The average Bonchev–Trinajstić information content (AvgIpc) is 3.38. The number of aromatic nitrogens is 1. The molecular weight excluding hydrogens is 358 g/mol. The number of ether oxygens (including phenoxy) is 1. The van der Waals surface area contributed by atoms with Crippen LogP contribution in [0, 0.1) is 0 Å². The van der Waals surface area contributed by atoms with Crippen molar-refractivity contribution in [2.24, 2.45) is 0 Å². The first-order chi connectivity index (χ1) is 13.7. The highest BCUT2D eigenvalue weighted by Crippen LogP contribution is 2.22. The van der Waals surface area contributed by atoms with Gasteiger partial charge in [0, 0.05) is 29.9 Å². The second kappa shape index (κ2) is 8.12. The number of amides is 1. The van der Waals surface area contributed by atoms with E-state index in [0.717, 1.165) is 24.2 Å². The number of nitrogens with zero attached hydrogens (tertiary/aromatic N) is 2. The van der Waals surface area contributed by atoms with Crippen LogP contribution in [0.3, 0.4) is 0 Å². The predicted octanol–water partition coefficient (Wildman–Crippen LogP) is 3.15. The Bertz CT molecular complexity index is 975. The molecule has 1 saturated heterocycles. The lowest BCUT2D eigenvalue weighted by atomic mass is 10.2. The van der Waals surface area contributed by atoms with Crippen molar-refractivity contribution in [2.75, 3.05) is 29.9 Å². The molecule has 2 heterocycles. The molecule has 0 bridgehead atoms. The number of nitrogens with one attached hydrogen (secondary N) is 1. The monoisotopic (exact) mass is 379 g/mol. The maximum absolute atomic E-state index is 12.0. The first kappa shape index (κ1) is 18.0. The molecule has 0 atom stereocenters. The van der Waals surface area contributed by atoms with Gasteiger partial charge >= 0.3 is 5.97 Å². The van der Waals surface area contributed by atoms with Crippen LogP contribution in [0.1, 0.15) is 18.5 Å². The molecule has 2 aromatic carbocycles. The van der Waals surface area contributed by atoms with Crippen molar-refractivity contribution in [1.29, 1.82) is 0 Å². The van der Waals surface area contributed by atoms with E-state index < -0.39 is 5.97 Å². The van der Waals surface area contributed by atoms with Crippen molar-refractivity contribution < 1.29 is 18.8 Å². The fourth-order valence-corrected chi connectivity index (χ4v) is 3.33. The Labute approximate surface area is 162 Å². The van der Waals surface area contributed by atoms with Gasteiger partial charge < -0.3 is 19.5 Å². The molecular formula is C21H21N3O4. The Morgan fingerprint density at radius 2 is 1.82 bits per heavy atom. The molecule has 7 heteroatoms. The van der Waals surface area contributed by atoms with E-state index in [1.165, 1.54) is 12.8 Å². The quantitative estimate of drug-likeness (QED) is 0.663. The van der Waals surface area contributed by atoms with Gasteiger partial charge in [0.25, 0.3) is 5.91 Å². The first-order valence-corrected chi connectivity index (χ1v) is 9.33. The minimum absolute atomic E-state index is 0.0468. The second-order valence-electron chi connectivity index (χ2n) is 6.75. The van der Waals surface area contributed by atoms with Gasteiger partial charge in [0.05, 0.1) is 6.42 Å². The summed E-state index contributed by atoms with van der Waals surface area (Å²) in [4.78, 5) is 26.4.